The van der Waals surface area contributed by atoms with E-state index in [1.54, 1.807) is 31.2 Å². The van der Waals surface area contributed by atoms with E-state index in [0.29, 0.717) is 17.9 Å². The Morgan fingerprint density at radius 3 is 2.41 bits per heavy atom. The molecule has 2 amide bonds. The summed E-state index contributed by atoms with van der Waals surface area (Å²) in [6.45, 7) is 3.67. The van der Waals surface area contributed by atoms with Crippen LogP contribution >= 0.6 is 0 Å². The molecule has 1 aromatic carbocycles. The summed E-state index contributed by atoms with van der Waals surface area (Å²) in [4.78, 5) is 23.0. The van der Waals surface area contributed by atoms with Crippen molar-refractivity contribution in [3.05, 3.63) is 24.3 Å². The van der Waals surface area contributed by atoms with Gasteiger partial charge in [0.1, 0.15) is 11.4 Å². The molecule has 1 atom stereocenters. The highest BCUT2D eigenvalue weighted by atomic mass is 16.5. The predicted octanol–water partition coefficient (Wildman–Crippen LogP) is 2.08. The number of nitrogens with one attached hydrogen (secondary N) is 1. The minimum atomic E-state index is -0.850. The highest BCUT2D eigenvalue weighted by molar-refractivity contribution is 5.97. The summed E-state index contributed by atoms with van der Waals surface area (Å²) in [5.41, 5.74) is 4.79. The quantitative estimate of drug-likeness (QED) is 0.731. The molecule has 0 aliphatic carbocycles. The number of amides is 2. The fourth-order valence-electron chi connectivity index (χ4n) is 1.87. The maximum Gasteiger partial charge on any atom is 0.256 e. The first-order valence-corrected chi connectivity index (χ1v) is 7.29. The van der Waals surface area contributed by atoms with Gasteiger partial charge in [0.25, 0.3) is 11.8 Å². The molecule has 1 rings (SSSR count). The second-order valence-corrected chi connectivity index (χ2v) is 5.27. The number of unbranched alkanes of at least 4 members (excludes halogenated alkanes) is 1. The van der Waals surface area contributed by atoms with Gasteiger partial charge in [0.05, 0.1) is 0 Å². The molecule has 0 radical (unpaired) electrons. The van der Waals surface area contributed by atoms with Gasteiger partial charge in [0.15, 0.2) is 6.61 Å². The standard InChI is InChI=1S/C16H24N2O4/c1-4-5-10-16(2,21-3)15(20)18-12-6-8-13(9-7-12)22-11-14(17)19/h6-9H,4-5,10-11H2,1-3H3,(H2,17,19)(H,18,20)/t16-/m1/s1. The maximum atomic E-state index is 12.3. The average molecular weight is 308 g/mol. The number of hydrogen-bond donors (Lipinski definition) is 2. The van der Waals surface area contributed by atoms with Gasteiger partial charge in [-0.15, -0.1) is 0 Å². The van der Waals surface area contributed by atoms with E-state index in [2.05, 4.69) is 12.2 Å². The van der Waals surface area contributed by atoms with Gasteiger partial charge in [-0.25, -0.2) is 0 Å². The van der Waals surface area contributed by atoms with Crippen LogP contribution in [0.2, 0.25) is 0 Å². The van der Waals surface area contributed by atoms with E-state index in [1.165, 1.54) is 7.11 Å². The summed E-state index contributed by atoms with van der Waals surface area (Å²) in [5, 5.41) is 2.82. The molecule has 0 heterocycles. The van der Waals surface area contributed by atoms with Crippen molar-refractivity contribution in [2.24, 2.45) is 5.73 Å². The molecule has 0 unspecified atom stereocenters. The summed E-state index contributed by atoms with van der Waals surface area (Å²) in [5.74, 6) is -0.212. The van der Waals surface area contributed by atoms with Crippen LogP contribution in [-0.4, -0.2) is 31.1 Å². The number of rotatable bonds is 9. The second-order valence-electron chi connectivity index (χ2n) is 5.27. The van der Waals surface area contributed by atoms with E-state index in [4.69, 9.17) is 15.2 Å². The van der Waals surface area contributed by atoms with Crippen molar-refractivity contribution in [3.8, 4) is 5.75 Å². The molecule has 0 saturated heterocycles. The maximum absolute atomic E-state index is 12.3. The summed E-state index contributed by atoms with van der Waals surface area (Å²) in [6.07, 6.45) is 2.57. The summed E-state index contributed by atoms with van der Waals surface area (Å²) in [7, 11) is 1.54. The molecule has 6 heteroatoms. The monoisotopic (exact) mass is 308 g/mol. The van der Waals surface area contributed by atoms with Crippen molar-refractivity contribution in [3.63, 3.8) is 0 Å². The largest absolute Gasteiger partial charge is 0.484 e. The Hall–Kier alpha value is -2.08. The normalized spacial score (nSPS) is 13.2. The van der Waals surface area contributed by atoms with Gasteiger partial charge in [-0.3, -0.25) is 9.59 Å². The zero-order chi connectivity index (χ0) is 16.6. The van der Waals surface area contributed by atoms with Crippen LogP contribution in [0.3, 0.4) is 0 Å². The summed E-state index contributed by atoms with van der Waals surface area (Å²) in [6, 6.07) is 6.72. The molecule has 0 aliphatic heterocycles. The number of hydrogen-bond acceptors (Lipinski definition) is 4. The van der Waals surface area contributed by atoms with Crippen LogP contribution in [0, 0.1) is 0 Å². The zero-order valence-electron chi connectivity index (χ0n) is 13.3. The molecule has 6 nitrogen and oxygen atoms in total. The fraction of sp³-hybridized carbons (Fsp3) is 0.500. The third-order valence-electron chi connectivity index (χ3n) is 3.43. The Labute approximate surface area is 131 Å². The van der Waals surface area contributed by atoms with Crippen LogP contribution in [0.15, 0.2) is 24.3 Å². The second kappa shape index (κ2) is 8.38. The molecular weight excluding hydrogens is 284 g/mol. The topological polar surface area (TPSA) is 90.7 Å². The number of methoxy groups -OCH3 is 1. The number of anilines is 1. The van der Waals surface area contributed by atoms with E-state index < -0.39 is 11.5 Å². The zero-order valence-corrected chi connectivity index (χ0v) is 13.3. The lowest BCUT2D eigenvalue weighted by atomic mass is 9.97. The molecular formula is C16H24N2O4. The van der Waals surface area contributed by atoms with Gasteiger partial charge in [-0.2, -0.15) is 0 Å². The highest BCUT2D eigenvalue weighted by Crippen LogP contribution is 2.22. The fourth-order valence-corrected chi connectivity index (χ4v) is 1.87. The summed E-state index contributed by atoms with van der Waals surface area (Å²) < 4.78 is 10.5. The van der Waals surface area contributed by atoms with Gasteiger partial charge in [-0.1, -0.05) is 19.8 Å². The van der Waals surface area contributed by atoms with E-state index >= 15 is 0 Å². The Morgan fingerprint density at radius 1 is 1.27 bits per heavy atom. The SMILES string of the molecule is CCCC[C@@](C)(OC)C(=O)Nc1ccc(OCC(N)=O)cc1. The van der Waals surface area contributed by atoms with Crippen molar-refractivity contribution in [1.29, 1.82) is 0 Å². The van der Waals surface area contributed by atoms with Crippen molar-refractivity contribution in [2.75, 3.05) is 19.0 Å². The molecule has 0 spiro atoms. The minimum absolute atomic E-state index is 0.176. The van der Waals surface area contributed by atoms with Crippen LogP contribution in [0.5, 0.6) is 5.75 Å². The van der Waals surface area contributed by atoms with E-state index in [-0.39, 0.29) is 12.5 Å². The summed E-state index contributed by atoms with van der Waals surface area (Å²) >= 11 is 0. The van der Waals surface area contributed by atoms with Crippen molar-refractivity contribution in [1.82, 2.24) is 0 Å². The van der Waals surface area contributed by atoms with Gasteiger partial charge in [0, 0.05) is 12.8 Å². The smallest absolute Gasteiger partial charge is 0.256 e. The predicted molar refractivity (Wildman–Crippen MR) is 84.7 cm³/mol. The Bertz CT molecular complexity index is 501. The van der Waals surface area contributed by atoms with E-state index in [0.717, 1.165) is 12.8 Å². The number of carbonyl (C=O) groups is 2. The van der Waals surface area contributed by atoms with Crippen LogP contribution in [0.25, 0.3) is 0 Å². The van der Waals surface area contributed by atoms with Gasteiger partial charge in [0.2, 0.25) is 0 Å². The van der Waals surface area contributed by atoms with Crippen LogP contribution in [0.4, 0.5) is 5.69 Å². The number of ether oxygens (including phenoxy) is 2. The lowest BCUT2D eigenvalue weighted by Gasteiger charge is -2.26. The molecule has 22 heavy (non-hydrogen) atoms. The molecule has 122 valence electrons. The van der Waals surface area contributed by atoms with Crippen LogP contribution in [0.1, 0.15) is 33.1 Å². The molecule has 0 aliphatic rings. The molecule has 0 saturated carbocycles. The number of nitrogens with two attached hydrogens (primary N) is 1. The Kier molecular flexibility index (Phi) is 6.85. The lowest BCUT2D eigenvalue weighted by Crippen LogP contribution is -2.41. The number of benzene rings is 1. The highest BCUT2D eigenvalue weighted by Gasteiger charge is 2.32. The molecule has 0 bridgehead atoms. The van der Waals surface area contributed by atoms with E-state index in [9.17, 15) is 9.59 Å². The Morgan fingerprint density at radius 2 is 1.91 bits per heavy atom. The molecule has 0 fully saturated rings. The first-order chi connectivity index (χ1) is 10.4. The molecule has 1 aromatic rings. The van der Waals surface area contributed by atoms with E-state index in [1.807, 2.05) is 0 Å². The van der Waals surface area contributed by atoms with Crippen LogP contribution in [-0.2, 0) is 14.3 Å². The molecule has 3 N–H and O–H groups in total. The van der Waals surface area contributed by atoms with Crippen molar-refractivity contribution >= 4 is 17.5 Å². The van der Waals surface area contributed by atoms with Crippen LogP contribution < -0.4 is 15.8 Å². The molecule has 0 aromatic heterocycles. The third-order valence-corrected chi connectivity index (χ3v) is 3.43. The Balaban J connectivity index is 2.65. The number of carbonyl (C=O) groups excluding carboxylic acids is 2. The average Bonchev–Trinajstić information content (AvgIpc) is 2.51. The first kappa shape index (κ1) is 18.0. The van der Waals surface area contributed by atoms with Gasteiger partial charge in [-0.05, 0) is 37.6 Å². The van der Waals surface area contributed by atoms with Crippen molar-refractivity contribution in [2.45, 2.75) is 38.7 Å². The third kappa shape index (κ3) is 5.37. The lowest BCUT2D eigenvalue weighted by molar-refractivity contribution is -0.136. The van der Waals surface area contributed by atoms with Gasteiger partial charge < -0.3 is 20.5 Å². The van der Waals surface area contributed by atoms with Crippen molar-refractivity contribution < 1.29 is 19.1 Å². The minimum Gasteiger partial charge on any atom is -0.484 e. The van der Waals surface area contributed by atoms with Gasteiger partial charge >= 0.3 is 0 Å². The number of primary amides is 1. The first-order valence-electron chi connectivity index (χ1n) is 7.29.